The molecule has 0 saturated carbocycles. The van der Waals surface area contributed by atoms with Crippen LogP contribution in [0.5, 0.6) is 0 Å². The molecule has 1 N–H and O–H groups in total. The summed E-state index contributed by atoms with van der Waals surface area (Å²) >= 11 is 2.94. The molecule has 0 spiro atoms. The van der Waals surface area contributed by atoms with Crippen LogP contribution in [0.15, 0.2) is 81.6 Å². The largest absolute Gasteiger partial charge is 0.451 e. The molecule has 29 heavy (non-hydrogen) atoms. The zero-order valence-corrected chi connectivity index (χ0v) is 16.8. The molecule has 142 valence electrons. The number of benzene rings is 3. The van der Waals surface area contributed by atoms with Crippen molar-refractivity contribution in [2.45, 2.75) is 10.1 Å². The predicted octanol–water partition coefficient (Wildman–Crippen LogP) is 5.98. The van der Waals surface area contributed by atoms with Gasteiger partial charge in [-0.1, -0.05) is 83.8 Å². The zero-order chi connectivity index (χ0) is 19.6. The fourth-order valence-electron chi connectivity index (χ4n) is 3.10. The van der Waals surface area contributed by atoms with Gasteiger partial charge in [0, 0.05) is 11.1 Å². The van der Waals surface area contributed by atoms with Crippen molar-refractivity contribution in [3.63, 3.8) is 0 Å². The second-order valence-corrected chi connectivity index (χ2v) is 8.61. The van der Waals surface area contributed by atoms with Gasteiger partial charge in [0.2, 0.25) is 5.13 Å². The number of hydrogen-bond donors (Lipinski definition) is 1. The van der Waals surface area contributed by atoms with Gasteiger partial charge in [-0.3, -0.25) is 10.1 Å². The molecule has 7 heteroatoms. The Morgan fingerprint density at radius 3 is 2.69 bits per heavy atom. The predicted molar refractivity (Wildman–Crippen MR) is 118 cm³/mol. The molecule has 0 bridgehead atoms. The molecule has 0 aliphatic heterocycles. The van der Waals surface area contributed by atoms with Crippen LogP contribution in [0.3, 0.4) is 0 Å². The van der Waals surface area contributed by atoms with E-state index in [1.165, 1.54) is 16.9 Å². The van der Waals surface area contributed by atoms with Gasteiger partial charge in [0.1, 0.15) is 5.58 Å². The molecular weight excluding hydrogens is 402 g/mol. The van der Waals surface area contributed by atoms with Crippen LogP contribution in [0.1, 0.15) is 16.1 Å². The SMILES string of the molecule is O=C(Nc1nnc(SCc2ccccc2)s1)c1cc2c(ccc3ccccc32)o1. The van der Waals surface area contributed by atoms with Crippen molar-refractivity contribution in [1.29, 1.82) is 0 Å². The Hall–Kier alpha value is -3.16. The van der Waals surface area contributed by atoms with Gasteiger partial charge in [-0.05, 0) is 28.5 Å². The summed E-state index contributed by atoms with van der Waals surface area (Å²) in [4.78, 5) is 12.6. The number of carbonyl (C=O) groups is 1. The molecular formula is C22H15N3O2S2. The lowest BCUT2D eigenvalue weighted by Gasteiger charge is -1.97. The van der Waals surface area contributed by atoms with E-state index in [9.17, 15) is 4.79 Å². The Morgan fingerprint density at radius 2 is 1.79 bits per heavy atom. The topological polar surface area (TPSA) is 68.0 Å². The summed E-state index contributed by atoms with van der Waals surface area (Å²) in [5, 5.41) is 14.5. The summed E-state index contributed by atoms with van der Waals surface area (Å²) in [7, 11) is 0. The average molecular weight is 418 g/mol. The number of carbonyl (C=O) groups excluding carboxylic acids is 1. The number of thioether (sulfide) groups is 1. The molecule has 2 aromatic heterocycles. The minimum Gasteiger partial charge on any atom is -0.451 e. The summed E-state index contributed by atoms with van der Waals surface area (Å²) in [6.07, 6.45) is 0. The number of fused-ring (bicyclic) bond motifs is 3. The van der Waals surface area contributed by atoms with Crippen LogP contribution >= 0.6 is 23.1 Å². The van der Waals surface area contributed by atoms with E-state index in [0.29, 0.717) is 10.7 Å². The standard InChI is InChI=1S/C22H15N3O2S2/c26-20(19-12-17-16-9-5-4-8-15(16)10-11-18(17)27-19)23-21-24-25-22(29-21)28-13-14-6-2-1-3-7-14/h1-12H,13H2,(H,23,24,26). The molecule has 0 aliphatic carbocycles. The van der Waals surface area contributed by atoms with Crippen LogP contribution in [0, 0.1) is 0 Å². The maximum atomic E-state index is 12.6. The van der Waals surface area contributed by atoms with Gasteiger partial charge in [-0.25, -0.2) is 0 Å². The second kappa shape index (κ2) is 7.69. The molecule has 5 nitrogen and oxygen atoms in total. The molecule has 0 radical (unpaired) electrons. The number of rotatable bonds is 5. The fourth-order valence-corrected chi connectivity index (χ4v) is 4.80. The molecule has 3 aromatic carbocycles. The van der Waals surface area contributed by atoms with Crippen LogP contribution in [0.4, 0.5) is 5.13 Å². The molecule has 1 amide bonds. The summed E-state index contributed by atoms with van der Waals surface area (Å²) in [5.74, 6) is 0.728. The third-order valence-corrected chi connectivity index (χ3v) is 6.53. The molecule has 0 aliphatic rings. The van der Waals surface area contributed by atoms with E-state index in [-0.39, 0.29) is 11.7 Å². The number of anilines is 1. The van der Waals surface area contributed by atoms with E-state index in [0.717, 1.165) is 26.3 Å². The number of hydrogen-bond acceptors (Lipinski definition) is 6. The van der Waals surface area contributed by atoms with Crippen LogP contribution < -0.4 is 5.32 Å². The van der Waals surface area contributed by atoms with Gasteiger partial charge in [-0.15, -0.1) is 10.2 Å². The van der Waals surface area contributed by atoms with Crippen LogP contribution in [0.25, 0.3) is 21.7 Å². The number of amides is 1. The first-order valence-corrected chi connectivity index (χ1v) is 10.8. The molecule has 0 saturated heterocycles. The van der Waals surface area contributed by atoms with Gasteiger partial charge in [-0.2, -0.15) is 0 Å². The Bertz CT molecular complexity index is 1310. The van der Waals surface area contributed by atoms with Crippen molar-refractivity contribution < 1.29 is 9.21 Å². The van der Waals surface area contributed by atoms with E-state index in [1.54, 1.807) is 17.8 Å². The first kappa shape index (κ1) is 17.9. The van der Waals surface area contributed by atoms with Gasteiger partial charge in [0.05, 0.1) is 0 Å². The maximum absolute atomic E-state index is 12.6. The van der Waals surface area contributed by atoms with E-state index in [1.807, 2.05) is 54.6 Å². The maximum Gasteiger partial charge on any atom is 0.293 e. The minimum absolute atomic E-state index is 0.255. The fraction of sp³-hybridized carbons (Fsp3) is 0.0455. The molecule has 0 atom stereocenters. The van der Waals surface area contributed by atoms with Crippen molar-refractivity contribution in [3.8, 4) is 0 Å². The Labute approximate surface area is 174 Å². The molecule has 2 heterocycles. The first-order chi connectivity index (χ1) is 14.3. The lowest BCUT2D eigenvalue weighted by atomic mass is 10.1. The highest BCUT2D eigenvalue weighted by Gasteiger charge is 2.16. The highest BCUT2D eigenvalue weighted by atomic mass is 32.2. The Balaban J connectivity index is 1.31. The van der Waals surface area contributed by atoms with Gasteiger partial charge >= 0.3 is 0 Å². The summed E-state index contributed by atoms with van der Waals surface area (Å²) in [6.45, 7) is 0. The summed E-state index contributed by atoms with van der Waals surface area (Å²) in [5.41, 5.74) is 1.90. The Morgan fingerprint density at radius 1 is 0.966 bits per heavy atom. The van der Waals surface area contributed by atoms with Gasteiger partial charge in [0.25, 0.3) is 5.91 Å². The van der Waals surface area contributed by atoms with Gasteiger partial charge < -0.3 is 4.42 Å². The first-order valence-electron chi connectivity index (χ1n) is 8.99. The molecule has 0 unspecified atom stereocenters. The smallest absolute Gasteiger partial charge is 0.293 e. The van der Waals surface area contributed by atoms with Crippen LogP contribution in [-0.4, -0.2) is 16.1 Å². The molecule has 5 aromatic rings. The lowest BCUT2D eigenvalue weighted by Crippen LogP contribution is -2.10. The molecule has 5 rings (SSSR count). The second-order valence-electron chi connectivity index (χ2n) is 6.41. The van der Waals surface area contributed by atoms with Crippen molar-refractivity contribution in [3.05, 3.63) is 84.1 Å². The van der Waals surface area contributed by atoms with Crippen LogP contribution in [-0.2, 0) is 5.75 Å². The summed E-state index contributed by atoms with van der Waals surface area (Å²) < 4.78 is 6.57. The quantitative estimate of drug-likeness (QED) is 0.281. The number of furan rings is 1. The van der Waals surface area contributed by atoms with Crippen molar-refractivity contribution in [2.24, 2.45) is 0 Å². The van der Waals surface area contributed by atoms with E-state index < -0.39 is 0 Å². The molecule has 0 fully saturated rings. The van der Waals surface area contributed by atoms with E-state index in [2.05, 4.69) is 27.6 Å². The minimum atomic E-state index is -0.332. The van der Waals surface area contributed by atoms with Crippen LogP contribution in [0.2, 0.25) is 0 Å². The number of aromatic nitrogens is 2. The van der Waals surface area contributed by atoms with E-state index >= 15 is 0 Å². The third-order valence-electron chi connectivity index (χ3n) is 4.48. The summed E-state index contributed by atoms with van der Waals surface area (Å²) in [6, 6.07) is 23.8. The third kappa shape index (κ3) is 3.74. The lowest BCUT2D eigenvalue weighted by molar-refractivity contribution is 0.0998. The monoisotopic (exact) mass is 417 g/mol. The zero-order valence-electron chi connectivity index (χ0n) is 15.2. The highest BCUT2D eigenvalue weighted by Crippen LogP contribution is 2.30. The van der Waals surface area contributed by atoms with Crippen molar-refractivity contribution >= 4 is 55.9 Å². The van der Waals surface area contributed by atoms with Crippen molar-refractivity contribution in [2.75, 3.05) is 5.32 Å². The average Bonchev–Trinajstić information content (AvgIpc) is 3.40. The number of nitrogens with zero attached hydrogens (tertiary/aromatic N) is 2. The highest BCUT2D eigenvalue weighted by molar-refractivity contribution is 8.00. The van der Waals surface area contributed by atoms with Gasteiger partial charge in [0.15, 0.2) is 10.1 Å². The number of nitrogens with one attached hydrogen (secondary N) is 1. The van der Waals surface area contributed by atoms with E-state index in [4.69, 9.17) is 4.42 Å². The van der Waals surface area contributed by atoms with Crippen molar-refractivity contribution in [1.82, 2.24) is 10.2 Å². The Kier molecular flexibility index (Phi) is 4.75. The normalized spacial score (nSPS) is 11.2.